The van der Waals surface area contributed by atoms with Gasteiger partial charge in [0.25, 0.3) is 11.8 Å². The van der Waals surface area contributed by atoms with Gasteiger partial charge in [-0.05, 0) is 49.1 Å². The van der Waals surface area contributed by atoms with Gasteiger partial charge in [-0.1, -0.05) is 54.6 Å². The van der Waals surface area contributed by atoms with E-state index in [-0.39, 0.29) is 12.5 Å². The zero-order valence-electron chi connectivity index (χ0n) is 19.9. The zero-order chi connectivity index (χ0) is 24.9. The maximum Gasteiger partial charge on any atom is 0.262 e. The molecule has 1 saturated heterocycles. The lowest BCUT2D eigenvalue weighted by Crippen LogP contribution is -2.48. The summed E-state index contributed by atoms with van der Waals surface area (Å²) >= 11 is 0. The minimum Gasteiger partial charge on any atom is -0.489 e. The fourth-order valence-electron chi connectivity index (χ4n) is 4.66. The maximum atomic E-state index is 13.7. The van der Waals surface area contributed by atoms with Gasteiger partial charge >= 0.3 is 0 Å². The Morgan fingerprint density at radius 2 is 1.58 bits per heavy atom. The van der Waals surface area contributed by atoms with Gasteiger partial charge in [-0.15, -0.1) is 0 Å². The molecule has 2 atom stereocenters. The second kappa shape index (κ2) is 10.7. The van der Waals surface area contributed by atoms with Gasteiger partial charge in [0.1, 0.15) is 18.4 Å². The number of carbonyl (C=O) groups excluding carboxylic acids is 3. The molecule has 7 heteroatoms. The van der Waals surface area contributed by atoms with E-state index >= 15 is 0 Å². The lowest BCUT2D eigenvalue weighted by Gasteiger charge is -2.26. The van der Waals surface area contributed by atoms with Crippen molar-refractivity contribution in [2.24, 2.45) is 0 Å². The standard InChI is InChI=1S/C29H28N2O5/c32-27(30-24-15-6-7-16-26(24)36-19-21-12-8-9-17-35-21)25(18-20-10-2-1-3-11-20)31-28(33)22-13-4-5-14-23(22)29(31)34/h1-7,10-11,13-16,21,25H,8-9,12,17-19H2,(H,30,32). The molecule has 0 radical (unpaired) electrons. The molecule has 7 nitrogen and oxygen atoms in total. The fraction of sp³-hybridized carbons (Fsp3) is 0.276. The molecule has 1 fully saturated rings. The van der Waals surface area contributed by atoms with E-state index in [9.17, 15) is 14.4 Å². The van der Waals surface area contributed by atoms with E-state index in [0.29, 0.717) is 29.2 Å². The van der Waals surface area contributed by atoms with Crippen LogP contribution in [0.15, 0.2) is 78.9 Å². The Morgan fingerprint density at radius 1 is 0.917 bits per heavy atom. The van der Waals surface area contributed by atoms with Crippen molar-refractivity contribution >= 4 is 23.4 Å². The number of carbonyl (C=O) groups is 3. The molecule has 0 saturated carbocycles. The Labute approximate surface area is 210 Å². The van der Waals surface area contributed by atoms with Crippen LogP contribution in [0.4, 0.5) is 5.69 Å². The number of rotatable bonds is 8. The Kier molecular flexibility index (Phi) is 7.09. The zero-order valence-corrected chi connectivity index (χ0v) is 19.9. The number of hydrogen-bond acceptors (Lipinski definition) is 5. The van der Waals surface area contributed by atoms with Gasteiger partial charge in [-0.2, -0.15) is 0 Å². The van der Waals surface area contributed by atoms with Crippen LogP contribution in [-0.2, 0) is 16.0 Å². The molecule has 3 aromatic rings. The molecular formula is C29H28N2O5. The largest absolute Gasteiger partial charge is 0.489 e. The molecule has 2 heterocycles. The Morgan fingerprint density at radius 3 is 2.28 bits per heavy atom. The molecule has 3 amide bonds. The second-order valence-electron chi connectivity index (χ2n) is 9.02. The molecule has 2 aliphatic rings. The van der Waals surface area contributed by atoms with Crippen LogP contribution >= 0.6 is 0 Å². The number of imide groups is 1. The smallest absolute Gasteiger partial charge is 0.262 e. The summed E-state index contributed by atoms with van der Waals surface area (Å²) in [6, 6.07) is 22.1. The van der Waals surface area contributed by atoms with Gasteiger partial charge in [-0.25, -0.2) is 0 Å². The van der Waals surface area contributed by atoms with Crippen molar-refractivity contribution in [2.75, 3.05) is 18.5 Å². The normalized spacial score (nSPS) is 18.0. The summed E-state index contributed by atoms with van der Waals surface area (Å²) in [4.78, 5) is 41.2. The minimum absolute atomic E-state index is 0.0201. The average molecular weight is 485 g/mol. The first-order valence-corrected chi connectivity index (χ1v) is 12.3. The van der Waals surface area contributed by atoms with Crippen molar-refractivity contribution in [2.45, 2.75) is 37.8 Å². The highest BCUT2D eigenvalue weighted by Gasteiger charge is 2.42. The Bertz CT molecular complexity index is 1220. The van der Waals surface area contributed by atoms with Gasteiger partial charge in [0.2, 0.25) is 5.91 Å². The summed E-state index contributed by atoms with van der Waals surface area (Å²) in [5.74, 6) is -0.879. The molecule has 0 aliphatic carbocycles. The third kappa shape index (κ3) is 5.02. The summed E-state index contributed by atoms with van der Waals surface area (Å²) < 4.78 is 11.8. The van der Waals surface area contributed by atoms with E-state index in [1.54, 1.807) is 42.5 Å². The molecule has 0 aromatic heterocycles. The van der Waals surface area contributed by atoms with Crippen LogP contribution in [0.25, 0.3) is 0 Å². The Balaban J connectivity index is 1.39. The summed E-state index contributed by atoms with van der Waals surface area (Å²) in [6.45, 7) is 1.12. The highest BCUT2D eigenvalue weighted by atomic mass is 16.5. The first-order valence-electron chi connectivity index (χ1n) is 12.3. The fourth-order valence-corrected chi connectivity index (χ4v) is 4.66. The topological polar surface area (TPSA) is 84.9 Å². The number of ether oxygens (including phenoxy) is 2. The second-order valence-corrected chi connectivity index (χ2v) is 9.02. The summed E-state index contributed by atoms with van der Waals surface area (Å²) in [5, 5.41) is 2.91. The molecule has 2 aliphatic heterocycles. The van der Waals surface area contributed by atoms with Crippen molar-refractivity contribution < 1.29 is 23.9 Å². The Hall–Kier alpha value is -3.97. The number of hydrogen-bond donors (Lipinski definition) is 1. The predicted octanol–water partition coefficient (Wildman–Crippen LogP) is 4.48. The van der Waals surface area contributed by atoms with Crippen LogP contribution in [0.5, 0.6) is 5.75 Å². The van der Waals surface area contributed by atoms with Crippen LogP contribution in [-0.4, -0.2) is 48.0 Å². The molecule has 0 spiro atoms. The number of para-hydroxylation sites is 2. The average Bonchev–Trinajstić information content (AvgIpc) is 3.17. The van der Waals surface area contributed by atoms with Crippen LogP contribution in [0.2, 0.25) is 0 Å². The van der Waals surface area contributed by atoms with Crippen LogP contribution < -0.4 is 10.1 Å². The number of amides is 3. The first-order chi connectivity index (χ1) is 17.6. The summed E-state index contributed by atoms with van der Waals surface area (Å²) in [6.07, 6.45) is 3.31. The first kappa shape index (κ1) is 23.8. The predicted molar refractivity (Wildman–Crippen MR) is 135 cm³/mol. The van der Waals surface area contributed by atoms with Gasteiger partial charge < -0.3 is 14.8 Å². The lowest BCUT2D eigenvalue weighted by atomic mass is 10.0. The quantitative estimate of drug-likeness (QED) is 0.477. The van der Waals surface area contributed by atoms with E-state index in [4.69, 9.17) is 9.47 Å². The van der Waals surface area contributed by atoms with E-state index in [2.05, 4.69) is 5.32 Å². The van der Waals surface area contributed by atoms with Crippen molar-refractivity contribution in [3.05, 3.63) is 95.6 Å². The van der Waals surface area contributed by atoms with Crippen LogP contribution in [0.1, 0.15) is 45.5 Å². The number of nitrogens with one attached hydrogen (secondary N) is 1. The number of benzene rings is 3. The van der Waals surface area contributed by atoms with Crippen molar-refractivity contribution in [1.29, 1.82) is 0 Å². The number of nitrogens with zero attached hydrogens (tertiary/aromatic N) is 1. The SMILES string of the molecule is O=C(Nc1ccccc1OCC1CCCCO1)C(Cc1ccccc1)N1C(=O)c2ccccc2C1=O. The van der Waals surface area contributed by atoms with Crippen molar-refractivity contribution in [3.63, 3.8) is 0 Å². The van der Waals surface area contributed by atoms with Gasteiger partial charge in [0.05, 0.1) is 22.9 Å². The minimum atomic E-state index is -1.03. The molecular weight excluding hydrogens is 456 g/mol. The van der Waals surface area contributed by atoms with E-state index in [1.165, 1.54) is 0 Å². The lowest BCUT2D eigenvalue weighted by molar-refractivity contribution is -0.119. The van der Waals surface area contributed by atoms with Gasteiger partial charge in [-0.3, -0.25) is 19.3 Å². The highest BCUT2D eigenvalue weighted by Crippen LogP contribution is 2.29. The van der Waals surface area contributed by atoms with E-state index < -0.39 is 23.8 Å². The third-order valence-corrected chi connectivity index (χ3v) is 6.56. The molecule has 1 N–H and O–H groups in total. The molecule has 2 unspecified atom stereocenters. The highest BCUT2D eigenvalue weighted by molar-refractivity contribution is 6.23. The van der Waals surface area contributed by atoms with Crippen molar-refractivity contribution in [1.82, 2.24) is 4.90 Å². The number of anilines is 1. The molecule has 0 bridgehead atoms. The monoisotopic (exact) mass is 484 g/mol. The van der Waals surface area contributed by atoms with Crippen LogP contribution in [0, 0.1) is 0 Å². The molecule has 184 valence electrons. The number of fused-ring (bicyclic) bond motifs is 1. The summed E-state index contributed by atoms with van der Waals surface area (Å²) in [7, 11) is 0. The van der Waals surface area contributed by atoms with Crippen molar-refractivity contribution in [3.8, 4) is 5.75 Å². The molecule has 5 rings (SSSR count). The van der Waals surface area contributed by atoms with E-state index in [0.717, 1.165) is 36.3 Å². The molecule has 3 aromatic carbocycles. The van der Waals surface area contributed by atoms with Gasteiger partial charge in [0.15, 0.2) is 0 Å². The maximum absolute atomic E-state index is 13.7. The third-order valence-electron chi connectivity index (χ3n) is 6.56. The van der Waals surface area contributed by atoms with Gasteiger partial charge in [0, 0.05) is 13.0 Å². The van der Waals surface area contributed by atoms with Crippen LogP contribution in [0.3, 0.4) is 0 Å². The van der Waals surface area contributed by atoms with E-state index in [1.807, 2.05) is 36.4 Å². The molecule has 36 heavy (non-hydrogen) atoms. The summed E-state index contributed by atoms with van der Waals surface area (Å²) in [5.41, 5.74) is 1.94.